The summed E-state index contributed by atoms with van der Waals surface area (Å²) in [5, 5.41) is 3.51. The van der Waals surface area contributed by atoms with E-state index in [0.717, 1.165) is 77.0 Å². The zero-order chi connectivity index (χ0) is 17.9. The molecule has 5 heteroatoms. The van der Waals surface area contributed by atoms with Crippen molar-refractivity contribution in [3.63, 3.8) is 0 Å². The Bertz CT molecular complexity index is 523. The molecule has 2 fully saturated rings. The zero-order valence-corrected chi connectivity index (χ0v) is 15.9. The lowest BCUT2D eigenvalue weighted by Crippen LogP contribution is -2.40. The molecule has 0 bridgehead atoms. The van der Waals surface area contributed by atoms with Gasteiger partial charge in [-0.05, 0) is 56.6 Å². The third kappa shape index (κ3) is 6.61. The summed E-state index contributed by atoms with van der Waals surface area (Å²) < 4.78 is 11.3. The number of hydrogen-bond donors (Lipinski definition) is 1. The SMILES string of the molecule is c1ccc(NC(=NCCCOCC2CCOCC2)N2CCCCC2)cc1. The summed E-state index contributed by atoms with van der Waals surface area (Å²) in [5.74, 6) is 1.69. The first-order chi connectivity index (χ1) is 12.9. The molecule has 0 unspecified atom stereocenters. The van der Waals surface area contributed by atoms with Crippen molar-refractivity contribution in [2.24, 2.45) is 10.9 Å². The highest BCUT2D eigenvalue weighted by molar-refractivity contribution is 5.93. The van der Waals surface area contributed by atoms with Crippen molar-refractivity contribution in [1.82, 2.24) is 4.90 Å². The van der Waals surface area contributed by atoms with E-state index in [2.05, 4.69) is 34.5 Å². The third-order valence-corrected chi connectivity index (χ3v) is 5.09. The topological polar surface area (TPSA) is 46.1 Å². The lowest BCUT2D eigenvalue weighted by molar-refractivity contribution is 0.0205. The predicted octanol–water partition coefficient (Wildman–Crippen LogP) is 3.77. The molecule has 2 saturated heterocycles. The fourth-order valence-corrected chi connectivity index (χ4v) is 3.49. The monoisotopic (exact) mass is 359 g/mol. The van der Waals surface area contributed by atoms with Crippen molar-refractivity contribution < 1.29 is 9.47 Å². The lowest BCUT2D eigenvalue weighted by Gasteiger charge is -2.30. The van der Waals surface area contributed by atoms with Gasteiger partial charge < -0.3 is 19.7 Å². The van der Waals surface area contributed by atoms with Gasteiger partial charge in [0.1, 0.15) is 0 Å². The van der Waals surface area contributed by atoms with E-state index in [9.17, 15) is 0 Å². The Labute approximate surface area is 157 Å². The largest absolute Gasteiger partial charge is 0.381 e. The number of para-hydroxylation sites is 1. The van der Waals surface area contributed by atoms with Crippen LogP contribution in [0.1, 0.15) is 38.5 Å². The summed E-state index contributed by atoms with van der Waals surface area (Å²) >= 11 is 0. The first-order valence-electron chi connectivity index (χ1n) is 10.2. The highest BCUT2D eigenvalue weighted by Gasteiger charge is 2.15. The summed E-state index contributed by atoms with van der Waals surface area (Å²) in [6, 6.07) is 10.3. The Balaban J connectivity index is 1.42. The van der Waals surface area contributed by atoms with Crippen molar-refractivity contribution in [1.29, 1.82) is 0 Å². The second-order valence-electron chi connectivity index (χ2n) is 7.23. The smallest absolute Gasteiger partial charge is 0.198 e. The van der Waals surface area contributed by atoms with Gasteiger partial charge in [-0.25, -0.2) is 0 Å². The molecule has 1 N–H and O–H groups in total. The maximum Gasteiger partial charge on any atom is 0.198 e. The van der Waals surface area contributed by atoms with Crippen LogP contribution >= 0.6 is 0 Å². The standard InChI is InChI=1S/C21H33N3O2/c1-3-8-20(9-4-1)23-21(24-13-5-2-6-14-24)22-12-7-15-26-18-19-10-16-25-17-11-19/h1,3-4,8-9,19H,2,5-7,10-18H2,(H,22,23). The van der Waals surface area contributed by atoms with Crippen LogP contribution in [0.25, 0.3) is 0 Å². The fourth-order valence-electron chi connectivity index (χ4n) is 3.49. The van der Waals surface area contributed by atoms with Gasteiger partial charge in [-0.3, -0.25) is 4.99 Å². The number of hydrogen-bond acceptors (Lipinski definition) is 3. The minimum atomic E-state index is 0.677. The van der Waals surface area contributed by atoms with Crippen LogP contribution in [0.15, 0.2) is 35.3 Å². The maximum atomic E-state index is 5.86. The number of rotatable bonds is 7. The van der Waals surface area contributed by atoms with E-state index in [4.69, 9.17) is 14.5 Å². The summed E-state index contributed by atoms with van der Waals surface area (Å²) in [4.78, 5) is 7.25. The van der Waals surface area contributed by atoms with Gasteiger partial charge in [0.05, 0.1) is 0 Å². The van der Waals surface area contributed by atoms with Gasteiger partial charge in [-0.2, -0.15) is 0 Å². The number of guanidine groups is 1. The molecule has 0 aromatic heterocycles. The molecule has 2 heterocycles. The third-order valence-electron chi connectivity index (χ3n) is 5.09. The molecule has 0 spiro atoms. The number of anilines is 1. The zero-order valence-electron chi connectivity index (χ0n) is 15.9. The fraction of sp³-hybridized carbons (Fsp3) is 0.667. The summed E-state index contributed by atoms with van der Waals surface area (Å²) in [6.45, 7) is 6.44. The predicted molar refractivity (Wildman–Crippen MR) is 107 cm³/mol. The summed E-state index contributed by atoms with van der Waals surface area (Å²) in [7, 11) is 0. The quantitative estimate of drug-likeness (QED) is 0.457. The van der Waals surface area contributed by atoms with Crippen molar-refractivity contribution >= 4 is 11.6 Å². The number of likely N-dealkylation sites (tertiary alicyclic amines) is 1. The van der Waals surface area contributed by atoms with Gasteiger partial charge in [0.15, 0.2) is 5.96 Å². The second kappa shape index (κ2) is 11.2. The van der Waals surface area contributed by atoms with Gasteiger partial charge in [0.2, 0.25) is 0 Å². The van der Waals surface area contributed by atoms with E-state index in [1.165, 1.54) is 19.3 Å². The molecule has 0 saturated carbocycles. The Morgan fingerprint density at radius 2 is 1.88 bits per heavy atom. The molecule has 0 aliphatic carbocycles. The highest BCUT2D eigenvalue weighted by atomic mass is 16.5. The number of piperidine rings is 1. The molecule has 144 valence electrons. The first-order valence-corrected chi connectivity index (χ1v) is 10.2. The van der Waals surface area contributed by atoms with Crippen LogP contribution in [0.4, 0.5) is 5.69 Å². The van der Waals surface area contributed by atoms with Crippen LogP contribution in [0, 0.1) is 5.92 Å². The van der Waals surface area contributed by atoms with Crippen LogP contribution in [0.3, 0.4) is 0 Å². The maximum absolute atomic E-state index is 5.86. The van der Waals surface area contributed by atoms with E-state index in [1.54, 1.807) is 0 Å². The molecule has 1 aromatic carbocycles. The number of ether oxygens (including phenoxy) is 2. The Hall–Kier alpha value is -1.59. The van der Waals surface area contributed by atoms with E-state index in [-0.39, 0.29) is 0 Å². The molecular weight excluding hydrogens is 326 g/mol. The van der Waals surface area contributed by atoms with Crippen LogP contribution in [-0.2, 0) is 9.47 Å². The average Bonchev–Trinajstić information content (AvgIpc) is 2.72. The number of benzene rings is 1. The Kier molecular flexibility index (Phi) is 8.26. The second-order valence-corrected chi connectivity index (χ2v) is 7.23. The Morgan fingerprint density at radius 1 is 1.12 bits per heavy atom. The minimum absolute atomic E-state index is 0.677. The van der Waals surface area contributed by atoms with Gasteiger partial charge in [-0.1, -0.05) is 18.2 Å². The van der Waals surface area contributed by atoms with Crippen molar-refractivity contribution in [2.45, 2.75) is 38.5 Å². The molecule has 0 radical (unpaired) electrons. The molecule has 2 aliphatic rings. The molecular formula is C21H33N3O2. The molecule has 1 aromatic rings. The van der Waals surface area contributed by atoms with E-state index >= 15 is 0 Å². The highest BCUT2D eigenvalue weighted by Crippen LogP contribution is 2.15. The van der Waals surface area contributed by atoms with Crippen LogP contribution < -0.4 is 5.32 Å². The van der Waals surface area contributed by atoms with E-state index in [0.29, 0.717) is 5.92 Å². The van der Waals surface area contributed by atoms with Gasteiger partial charge in [0.25, 0.3) is 0 Å². The number of aliphatic imine (C=N–C) groups is 1. The normalized spacial score (nSPS) is 19.5. The van der Waals surface area contributed by atoms with Crippen LogP contribution in [0.2, 0.25) is 0 Å². The molecule has 0 amide bonds. The van der Waals surface area contributed by atoms with Gasteiger partial charge in [-0.15, -0.1) is 0 Å². The molecule has 3 rings (SSSR count). The van der Waals surface area contributed by atoms with Crippen molar-refractivity contribution in [2.75, 3.05) is 51.4 Å². The van der Waals surface area contributed by atoms with Crippen molar-refractivity contribution in [3.05, 3.63) is 30.3 Å². The van der Waals surface area contributed by atoms with E-state index in [1.807, 2.05) is 6.07 Å². The number of nitrogens with zero attached hydrogens (tertiary/aromatic N) is 2. The molecule has 26 heavy (non-hydrogen) atoms. The van der Waals surface area contributed by atoms with Crippen LogP contribution in [0.5, 0.6) is 0 Å². The summed E-state index contributed by atoms with van der Waals surface area (Å²) in [5.41, 5.74) is 1.10. The molecule has 2 aliphatic heterocycles. The van der Waals surface area contributed by atoms with Gasteiger partial charge in [0, 0.05) is 51.7 Å². The van der Waals surface area contributed by atoms with E-state index < -0.39 is 0 Å². The van der Waals surface area contributed by atoms with Gasteiger partial charge >= 0.3 is 0 Å². The summed E-state index contributed by atoms with van der Waals surface area (Å²) in [6.07, 6.45) is 7.08. The lowest BCUT2D eigenvalue weighted by atomic mass is 10.0. The molecule has 5 nitrogen and oxygen atoms in total. The Morgan fingerprint density at radius 3 is 2.65 bits per heavy atom. The number of nitrogens with one attached hydrogen (secondary N) is 1. The minimum Gasteiger partial charge on any atom is -0.381 e. The van der Waals surface area contributed by atoms with Crippen LogP contribution in [-0.4, -0.2) is 56.9 Å². The first kappa shape index (κ1) is 19.2. The molecule has 0 atom stereocenters. The van der Waals surface area contributed by atoms with Crippen molar-refractivity contribution in [3.8, 4) is 0 Å². The average molecular weight is 360 g/mol.